The summed E-state index contributed by atoms with van der Waals surface area (Å²) in [7, 11) is 1.70. The average Bonchev–Trinajstić information content (AvgIpc) is 2.28. The van der Waals surface area contributed by atoms with E-state index in [-0.39, 0.29) is 11.6 Å². The maximum absolute atomic E-state index is 11.0. The number of carbonyl (C=O) groups is 1. The minimum atomic E-state index is -0.199. The average molecular weight is 151 g/mol. The highest BCUT2D eigenvalue weighted by Crippen LogP contribution is 2.08. The summed E-state index contributed by atoms with van der Waals surface area (Å²) in [5.41, 5.74) is 5.82. The van der Waals surface area contributed by atoms with Crippen LogP contribution in [0.5, 0.6) is 0 Å². The summed E-state index contributed by atoms with van der Waals surface area (Å²) in [5, 5.41) is 3.81. The number of anilines is 1. The Bertz CT molecular complexity index is 301. The molecule has 4 nitrogen and oxygen atoms in total. The number of rotatable bonds is 2. The zero-order valence-electron chi connectivity index (χ0n) is 6.24. The van der Waals surface area contributed by atoms with Crippen molar-refractivity contribution in [1.29, 1.82) is 0 Å². The number of aryl methyl sites for hydroxylation is 1. The second-order valence-corrected chi connectivity index (χ2v) is 2.17. The number of nitrogen functional groups attached to an aromatic ring is 1. The number of nitrogens with two attached hydrogens (primary N) is 1. The van der Waals surface area contributed by atoms with Crippen LogP contribution in [0.3, 0.4) is 0 Å². The summed E-state index contributed by atoms with van der Waals surface area (Å²) in [6.07, 6.45) is 2.78. The van der Waals surface area contributed by atoms with Crippen molar-refractivity contribution in [2.45, 2.75) is 0 Å². The molecule has 11 heavy (non-hydrogen) atoms. The van der Waals surface area contributed by atoms with Crippen LogP contribution in [0.4, 0.5) is 5.82 Å². The molecular weight excluding hydrogens is 142 g/mol. The highest BCUT2D eigenvalue weighted by Gasteiger charge is 2.08. The van der Waals surface area contributed by atoms with Gasteiger partial charge in [0.25, 0.3) is 0 Å². The lowest BCUT2D eigenvalue weighted by Gasteiger charge is -1.87. The third-order valence-corrected chi connectivity index (χ3v) is 1.31. The topological polar surface area (TPSA) is 60.9 Å². The van der Waals surface area contributed by atoms with Crippen molar-refractivity contribution < 1.29 is 4.79 Å². The first-order valence-electron chi connectivity index (χ1n) is 3.11. The van der Waals surface area contributed by atoms with Crippen molar-refractivity contribution in [3.8, 4) is 0 Å². The van der Waals surface area contributed by atoms with Crippen molar-refractivity contribution in [1.82, 2.24) is 9.78 Å². The van der Waals surface area contributed by atoms with E-state index in [2.05, 4.69) is 11.7 Å². The summed E-state index contributed by atoms with van der Waals surface area (Å²) in [5.74, 6) is 0.0491. The molecular formula is C7H9N3O. The van der Waals surface area contributed by atoms with Gasteiger partial charge in [0.05, 0.1) is 5.56 Å². The lowest BCUT2D eigenvalue weighted by atomic mass is 10.2. The quantitative estimate of drug-likeness (QED) is 0.490. The van der Waals surface area contributed by atoms with Gasteiger partial charge in [-0.05, 0) is 6.08 Å². The predicted octanol–water partition coefficient (Wildman–Crippen LogP) is 0.371. The zero-order chi connectivity index (χ0) is 8.43. The molecule has 0 bridgehead atoms. The molecule has 0 radical (unpaired) electrons. The molecule has 0 aliphatic carbocycles. The smallest absolute Gasteiger partial charge is 0.190 e. The van der Waals surface area contributed by atoms with Gasteiger partial charge in [0.15, 0.2) is 11.6 Å². The third-order valence-electron chi connectivity index (χ3n) is 1.31. The van der Waals surface area contributed by atoms with E-state index in [0.29, 0.717) is 5.56 Å². The SMILES string of the molecule is C=CC(=O)c1cn(C)nc1N. The first kappa shape index (κ1) is 7.53. The van der Waals surface area contributed by atoms with Gasteiger partial charge >= 0.3 is 0 Å². The maximum Gasteiger partial charge on any atom is 0.190 e. The van der Waals surface area contributed by atoms with Crippen LogP contribution in [-0.2, 0) is 7.05 Å². The number of ketones is 1. The first-order chi connectivity index (χ1) is 5.15. The third kappa shape index (κ3) is 1.29. The molecule has 0 aromatic carbocycles. The van der Waals surface area contributed by atoms with Crippen LogP contribution in [-0.4, -0.2) is 15.6 Å². The van der Waals surface area contributed by atoms with Crippen LogP contribution >= 0.6 is 0 Å². The van der Waals surface area contributed by atoms with E-state index in [1.165, 1.54) is 10.8 Å². The lowest BCUT2D eigenvalue weighted by molar-refractivity contribution is 0.104. The molecule has 1 aromatic rings. The van der Waals surface area contributed by atoms with Gasteiger partial charge in [0.2, 0.25) is 0 Å². The number of allylic oxidation sites excluding steroid dienone is 1. The number of nitrogens with zero attached hydrogens (tertiary/aromatic N) is 2. The summed E-state index contributed by atoms with van der Waals surface area (Å²) in [6, 6.07) is 0. The Kier molecular flexibility index (Phi) is 1.76. The summed E-state index contributed by atoms with van der Waals surface area (Å²) >= 11 is 0. The van der Waals surface area contributed by atoms with E-state index in [1.807, 2.05) is 0 Å². The van der Waals surface area contributed by atoms with Crippen LogP contribution in [0, 0.1) is 0 Å². The number of carbonyl (C=O) groups excluding carboxylic acids is 1. The van der Waals surface area contributed by atoms with Gasteiger partial charge in [0.1, 0.15) is 0 Å². The molecule has 4 heteroatoms. The summed E-state index contributed by atoms with van der Waals surface area (Å²) in [4.78, 5) is 11.0. The predicted molar refractivity (Wildman–Crippen MR) is 42.1 cm³/mol. The van der Waals surface area contributed by atoms with Crippen molar-refractivity contribution in [3.05, 3.63) is 24.4 Å². The van der Waals surface area contributed by atoms with Crippen molar-refractivity contribution in [2.24, 2.45) is 7.05 Å². The van der Waals surface area contributed by atoms with E-state index in [1.54, 1.807) is 13.2 Å². The molecule has 58 valence electrons. The highest BCUT2D eigenvalue weighted by molar-refractivity contribution is 6.07. The molecule has 0 saturated carbocycles. The largest absolute Gasteiger partial charge is 0.382 e. The van der Waals surface area contributed by atoms with Crippen LogP contribution in [0.15, 0.2) is 18.9 Å². The number of aromatic nitrogens is 2. The Balaban J connectivity index is 3.12. The molecule has 1 aromatic heterocycles. The fourth-order valence-corrected chi connectivity index (χ4v) is 0.805. The molecule has 0 unspecified atom stereocenters. The Morgan fingerprint density at radius 1 is 1.91 bits per heavy atom. The molecule has 0 spiro atoms. The van der Waals surface area contributed by atoms with Gasteiger partial charge in [-0.3, -0.25) is 9.48 Å². The van der Waals surface area contributed by atoms with E-state index in [0.717, 1.165) is 0 Å². The maximum atomic E-state index is 11.0. The second kappa shape index (κ2) is 2.57. The van der Waals surface area contributed by atoms with Crippen LogP contribution < -0.4 is 5.73 Å². The van der Waals surface area contributed by atoms with Gasteiger partial charge in [-0.1, -0.05) is 6.58 Å². The minimum absolute atomic E-state index is 0.199. The number of hydrogen-bond donors (Lipinski definition) is 1. The van der Waals surface area contributed by atoms with Crippen molar-refractivity contribution >= 4 is 11.6 Å². The normalized spacial score (nSPS) is 9.55. The van der Waals surface area contributed by atoms with Crippen LogP contribution in [0.1, 0.15) is 10.4 Å². The molecule has 0 aliphatic heterocycles. The lowest BCUT2D eigenvalue weighted by Crippen LogP contribution is -1.97. The van der Waals surface area contributed by atoms with E-state index < -0.39 is 0 Å². The molecule has 0 saturated heterocycles. The van der Waals surface area contributed by atoms with E-state index in [9.17, 15) is 4.79 Å². The van der Waals surface area contributed by atoms with E-state index in [4.69, 9.17) is 5.73 Å². The van der Waals surface area contributed by atoms with Gasteiger partial charge in [0, 0.05) is 13.2 Å². The molecule has 2 N–H and O–H groups in total. The fourth-order valence-electron chi connectivity index (χ4n) is 0.805. The Labute approximate surface area is 64.3 Å². The molecule has 1 rings (SSSR count). The fraction of sp³-hybridized carbons (Fsp3) is 0.143. The Morgan fingerprint density at radius 2 is 2.55 bits per heavy atom. The Morgan fingerprint density at radius 3 is 2.91 bits per heavy atom. The number of hydrogen-bond acceptors (Lipinski definition) is 3. The van der Waals surface area contributed by atoms with E-state index >= 15 is 0 Å². The molecule has 1 heterocycles. The highest BCUT2D eigenvalue weighted by atomic mass is 16.1. The Hall–Kier alpha value is -1.58. The van der Waals surface area contributed by atoms with Crippen LogP contribution in [0.2, 0.25) is 0 Å². The molecule has 0 atom stereocenters. The van der Waals surface area contributed by atoms with Crippen molar-refractivity contribution in [3.63, 3.8) is 0 Å². The standard InChI is InChI=1S/C7H9N3O/c1-3-6(11)5-4-10(2)9-7(5)8/h3-4H,1H2,2H3,(H2,8,9). The first-order valence-corrected chi connectivity index (χ1v) is 3.11. The summed E-state index contributed by atoms with van der Waals surface area (Å²) < 4.78 is 1.49. The molecule has 0 fully saturated rings. The molecule has 0 aliphatic rings. The molecule has 0 amide bonds. The van der Waals surface area contributed by atoms with Gasteiger partial charge < -0.3 is 5.73 Å². The zero-order valence-corrected chi connectivity index (χ0v) is 6.24. The van der Waals surface area contributed by atoms with Crippen LogP contribution in [0.25, 0.3) is 0 Å². The second-order valence-electron chi connectivity index (χ2n) is 2.17. The monoisotopic (exact) mass is 151 g/mol. The van der Waals surface area contributed by atoms with Crippen molar-refractivity contribution in [2.75, 3.05) is 5.73 Å². The van der Waals surface area contributed by atoms with Gasteiger partial charge in [-0.15, -0.1) is 0 Å². The minimum Gasteiger partial charge on any atom is -0.382 e. The van der Waals surface area contributed by atoms with Gasteiger partial charge in [-0.25, -0.2) is 0 Å². The summed E-state index contributed by atoms with van der Waals surface area (Å²) in [6.45, 7) is 3.35. The van der Waals surface area contributed by atoms with Gasteiger partial charge in [-0.2, -0.15) is 5.10 Å².